The van der Waals surface area contributed by atoms with Crippen molar-refractivity contribution >= 4 is 12.2 Å². The molecule has 2 unspecified atom stereocenters. The molecule has 4 heteroatoms. The molecule has 0 aliphatic carbocycles. The van der Waals surface area contributed by atoms with E-state index in [0.29, 0.717) is 16.6 Å². The van der Waals surface area contributed by atoms with Gasteiger partial charge in [0.2, 0.25) is 0 Å². The predicted molar refractivity (Wildman–Crippen MR) is 80.8 cm³/mol. The van der Waals surface area contributed by atoms with E-state index in [0.717, 1.165) is 18.8 Å². The highest BCUT2D eigenvalue weighted by molar-refractivity contribution is 7.71. The van der Waals surface area contributed by atoms with E-state index >= 15 is 0 Å². The van der Waals surface area contributed by atoms with Crippen molar-refractivity contribution in [3.05, 3.63) is 46.5 Å². The number of aromatic amines is 1. The molecule has 0 amide bonds. The number of nitrogens with zero attached hydrogens (tertiary/aromatic N) is 2. The second-order valence-corrected chi connectivity index (χ2v) is 5.29. The molecule has 0 radical (unpaired) electrons. The monoisotopic (exact) mass is 275 g/mol. The minimum Gasteiger partial charge on any atom is -0.304 e. The summed E-state index contributed by atoms with van der Waals surface area (Å²) >= 11 is 5.31. The van der Waals surface area contributed by atoms with Gasteiger partial charge in [0.25, 0.3) is 0 Å². The molecular weight excluding hydrogens is 254 g/mol. The van der Waals surface area contributed by atoms with E-state index in [1.807, 2.05) is 6.07 Å². The van der Waals surface area contributed by atoms with Crippen molar-refractivity contribution in [2.24, 2.45) is 5.92 Å². The van der Waals surface area contributed by atoms with Crippen LogP contribution in [0.1, 0.15) is 44.5 Å². The largest absolute Gasteiger partial charge is 0.304 e. The van der Waals surface area contributed by atoms with Crippen molar-refractivity contribution in [1.82, 2.24) is 14.8 Å². The fourth-order valence-corrected chi connectivity index (χ4v) is 2.77. The lowest BCUT2D eigenvalue weighted by Crippen LogP contribution is -2.16. The van der Waals surface area contributed by atoms with Gasteiger partial charge in [0.05, 0.1) is 0 Å². The first-order valence-electron chi connectivity index (χ1n) is 6.89. The SMILES string of the molecule is CCC(C)C(c1ccccc1)c1n[nH]c(=S)n1CC. The second-order valence-electron chi connectivity index (χ2n) is 4.91. The lowest BCUT2D eigenvalue weighted by Gasteiger charge is -2.23. The highest BCUT2D eigenvalue weighted by Gasteiger charge is 2.25. The highest BCUT2D eigenvalue weighted by Crippen LogP contribution is 2.32. The normalized spacial score (nSPS) is 14.3. The van der Waals surface area contributed by atoms with E-state index in [9.17, 15) is 0 Å². The number of H-pyrrole nitrogens is 1. The first-order valence-corrected chi connectivity index (χ1v) is 7.29. The quantitative estimate of drug-likeness (QED) is 0.832. The maximum Gasteiger partial charge on any atom is 0.195 e. The van der Waals surface area contributed by atoms with Crippen LogP contribution in [-0.4, -0.2) is 14.8 Å². The van der Waals surface area contributed by atoms with Crippen LogP contribution in [-0.2, 0) is 6.54 Å². The standard InChI is InChI=1S/C15H21N3S/c1-4-11(3)13(12-9-7-6-8-10-12)14-16-17-15(19)18(14)5-2/h6-11,13H,4-5H2,1-3H3,(H,17,19). The molecule has 0 saturated heterocycles. The van der Waals surface area contributed by atoms with Gasteiger partial charge in [-0.25, -0.2) is 0 Å². The zero-order chi connectivity index (χ0) is 13.8. The Morgan fingerprint density at radius 2 is 1.95 bits per heavy atom. The molecule has 3 nitrogen and oxygen atoms in total. The molecule has 1 heterocycles. The first-order chi connectivity index (χ1) is 9.19. The third-order valence-corrected chi connectivity index (χ3v) is 4.07. The number of rotatable bonds is 5. The van der Waals surface area contributed by atoms with Crippen LogP contribution in [0.5, 0.6) is 0 Å². The van der Waals surface area contributed by atoms with Gasteiger partial charge in [0.1, 0.15) is 5.82 Å². The Bertz CT molecular complexity index is 571. The van der Waals surface area contributed by atoms with Gasteiger partial charge in [-0.2, -0.15) is 5.10 Å². The molecule has 2 atom stereocenters. The first kappa shape index (κ1) is 14.0. The van der Waals surface area contributed by atoms with E-state index < -0.39 is 0 Å². The van der Waals surface area contributed by atoms with Crippen LogP contribution >= 0.6 is 12.2 Å². The summed E-state index contributed by atoms with van der Waals surface area (Å²) in [7, 11) is 0. The Balaban J connectivity index is 2.52. The average molecular weight is 275 g/mol. The summed E-state index contributed by atoms with van der Waals surface area (Å²) in [5.74, 6) is 1.87. The molecular formula is C15H21N3S. The summed E-state index contributed by atoms with van der Waals surface area (Å²) in [5, 5.41) is 7.41. The zero-order valence-electron chi connectivity index (χ0n) is 11.8. The molecule has 0 saturated carbocycles. The fourth-order valence-electron chi connectivity index (χ4n) is 2.50. The van der Waals surface area contributed by atoms with Crippen molar-refractivity contribution in [2.75, 3.05) is 0 Å². The van der Waals surface area contributed by atoms with Gasteiger partial charge in [0.15, 0.2) is 4.77 Å². The second kappa shape index (κ2) is 6.15. The van der Waals surface area contributed by atoms with Gasteiger partial charge in [-0.05, 0) is 30.6 Å². The summed E-state index contributed by atoms with van der Waals surface area (Å²) in [6, 6.07) is 10.6. The van der Waals surface area contributed by atoms with E-state index in [1.54, 1.807) is 0 Å². The van der Waals surface area contributed by atoms with Gasteiger partial charge in [-0.3, -0.25) is 5.10 Å². The number of nitrogens with one attached hydrogen (secondary N) is 1. The van der Waals surface area contributed by atoms with E-state index in [4.69, 9.17) is 12.2 Å². The average Bonchev–Trinajstić information content (AvgIpc) is 2.81. The van der Waals surface area contributed by atoms with E-state index in [1.165, 1.54) is 5.56 Å². The van der Waals surface area contributed by atoms with Crippen LogP contribution < -0.4 is 0 Å². The van der Waals surface area contributed by atoms with Gasteiger partial charge in [-0.1, -0.05) is 50.6 Å². The van der Waals surface area contributed by atoms with Crippen LogP contribution in [0.3, 0.4) is 0 Å². The molecule has 19 heavy (non-hydrogen) atoms. The van der Waals surface area contributed by atoms with Crippen LogP contribution in [0.2, 0.25) is 0 Å². The number of hydrogen-bond donors (Lipinski definition) is 1. The molecule has 2 aromatic rings. The number of hydrogen-bond acceptors (Lipinski definition) is 2. The fraction of sp³-hybridized carbons (Fsp3) is 0.467. The summed E-state index contributed by atoms with van der Waals surface area (Å²) in [6.07, 6.45) is 1.11. The summed E-state index contributed by atoms with van der Waals surface area (Å²) in [5.41, 5.74) is 1.31. The van der Waals surface area contributed by atoms with Crippen LogP contribution in [0, 0.1) is 10.7 Å². The smallest absolute Gasteiger partial charge is 0.195 e. The number of aromatic nitrogens is 3. The van der Waals surface area contributed by atoms with Crippen molar-refractivity contribution in [3.63, 3.8) is 0 Å². The van der Waals surface area contributed by atoms with Crippen molar-refractivity contribution < 1.29 is 0 Å². The maximum atomic E-state index is 5.31. The minimum atomic E-state index is 0.291. The zero-order valence-corrected chi connectivity index (χ0v) is 12.6. The third-order valence-electron chi connectivity index (χ3n) is 3.75. The Kier molecular flexibility index (Phi) is 4.53. The molecule has 0 aliphatic heterocycles. The summed E-state index contributed by atoms with van der Waals surface area (Å²) in [4.78, 5) is 0. The van der Waals surface area contributed by atoms with E-state index in [-0.39, 0.29) is 0 Å². The van der Waals surface area contributed by atoms with Gasteiger partial charge >= 0.3 is 0 Å². The van der Waals surface area contributed by atoms with Crippen LogP contribution in [0.4, 0.5) is 0 Å². The lowest BCUT2D eigenvalue weighted by atomic mass is 9.85. The molecule has 0 spiro atoms. The Hall–Kier alpha value is -1.42. The maximum absolute atomic E-state index is 5.31. The van der Waals surface area contributed by atoms with Crippen molar-refractivity contribution in [3.8, 4) is 0 Å². The minimum absolute atomic E-state index is 0.291. The molecule has 1 aromatic heterocycles. The highest BCUT2D eigenvalue weighted by atomic mass is 32.1. The molecule has 0 aliphatic rings. The van der Waals surface area contributed by atoms with Crippen molar-refractivity contribution in [2.45, 2.75) is 39.7 Å². The van der Waals surface area contributed by atoms with Crippen LogP contribution in [0.25, 0.3) is 0 Å². The molecule has 1 N–H and O–H groups in total. The molecule has 102 valence electrons. The summed E-state index contributed by atoms with van der Waals surface area (Å²) in [6.45, 7) is 7.45. The van der Waals surface area contributed by atoms with E-state index in [2.05, 4.69) is 59.8 Å². The van der Waals surface area contributed by atoms with Crippen LogP contribution in [0.15, 0.2) is 30.3 Å². The van der Waals surface area contributed by atoms with Gasteiger partial charge in [0, 0.05) is 12.5 Å². The predicted octanol–water partition coefficient (Wildman–Crippen LogP) is 4.14. The molecule has 0 bridgehead atoms. The Labute approximate surface area is 119 Å². The Morgan fingerprint density at radius 1 is 1.26 bits per heavy atom. The summed E-state index contributed by atoms with van der Waals surface area (Å²) < 4.78 is 2.81. The number of benzene rings is 1. The third kappa shape index (κ3) is 2.78. The Morgan fingerprint density at radius 3 is 2.53 bits per heavy atom. The van der Waals surface area contributed by atoms with Gasteiger partial charge in [-0.15, -0.1) is 0 Å². The topological polar surface area (TPSA) is 33.6 Å². The molecule has 0 fully saturated rings. The van der Waals surface area contributed by atoms with Crippen molar-refractivity contribution in [1.29, 1.82) is 0 Å². The van der Waals surface area contributed by atoms with Gasteiger partial charge < -0.3 is 4.57 Å². The molecule has 2 rings (SSSR count). The lowest BCUT2D eigenvalue weighted by molar-refractivity contribution is 0.461. The molecule has 1 aromatic carbocycles.